The van der Waals surface area contributed by atoms with Crippen molar-refractivity contribution >= 4 is 41.1 Å². The maximum atomic E-state index is 4.50. The van der Waals surface area contributed by atoms with Crippen LogP contribution in [0.25, 0.3) is 10.8 Å². The number of benzene rings is 2. The molecule has 2 aromatic carbocycles. The van der Waals surface area contributed by atoms with Crippen molar-refractivity contribution in [1.82, 2.24) is 0 Å². The Morgan fingerprint density at radius 2 is 1.72 bits per heavy atom. The van der Waals surface area contributed by atoms with Crippen LogP contribution in [0.5, 0.6) is 0 Å². The minimum Gasteiger partial charge on any atom is -0.261 e. The molecule has 0 amide bonds. The first kappa shape index (κ1) is 13.4. The van der Waals surface area contributed by atoms with Gasteiger partial charge in [0.25, 0.3) is 0 Å². The molecule has 0 saturated heterocycles. The fraction of sp³-hybridized carbons (Fsp3) is 0.267. The summed E-state index contributed by atoms with van der Waals surface area (Å²) >= 11 is 2.04. The Hall–Kier alpha value is -1.06. The summed E-state index contributed by atoms with van der Waals surface area (Å²) in [6, 6.07) is 12.9. The summed E-state index contributed by atoms with van der Waals surface area (Å²) in [5, 5.41) is 2.58. The molecule has 18 heavy (non-hydrogen) atoms. The van der Waals surface area contributed by atoms with Gasteiger partial charge < -0.3 is 0 Å². The molecule has 0 aromatic heterocycles. The standard InChI is InChI=1S/C15H19NSSi/c1-5-16-13-10-6-8-12-9-7-11-14(15(12)13)17-18(2,3)4/h5-11H,1-4H3/b16-5-. The van der Waals surface area contributed by atoms with E-state index in [1.165, 1.54) is 15.7 Å². The minimum atomic E-state index is -1.20. The lowest BCUT2D eigenvalue weighted by atomic mass is 10.1. The Balaban J connectivity index is 2.66. The van der Waals surface area contributed by atoms with Crippen LogP contribution in [0.2, 0.25) is 19.6 Å². The molecule has 3 heteroatoms. The van der Waals surface area contributed by atoms with Gasteiger partial charge in [-0.3, -0.25) is 4.99 Å². The summed E-state index contributed by atoms with van der Waals surface area (Å²) < 4.78 is 0. The van der Waals surface area contributed by atoms with E-state index in [0.29, 0.717) is 0 Å². The Bertz CT molecular complexity index is 579. The monoisotopic (exact) mass is 273 g/mol. The molecular weight excluding hydrogens is 254 g/mol. The highest BCUT2D eigenvalue weighted by Crippen LogP contribution is 2.38. The van der Waals surface area contributed by atoms with Gasteiger partial charge in [-0.25, -0.2) is 0 Å². The zero-order chi connectivity index (χ0) is 13.2. The van der Waals surface area contributed by atoms with E-state index in [-0.39, 0.29) is 0 Å². The summed E-state index contributed by atoms with van der Waals surface area (Å²) in [7, 11) is -1.20. The normalized spacial score (nSPS) is 12.4. The van der Waals surface area contributed by atoms with Crippen molar-refractivity contribution in [3.05, 3.63) is 36.4 Å². The first-order chi connectivity index (χ1) is 8.51. The smallest absolute Gasteiger partial charge is 0.114 e. The molecule has 0 spiro atoms. The van der Waals surface area contributed by atoms with Crippen molar-refractivity contribution in [3.8, 4) is 0 Å². The summed E-state index contributed by atoms with van der Waals surface area (Å²) in [5.41, 5.74) is 1.08. The van der Waals surface area contributed by atoms with Gasteiger partial charge in [0.1, 0.15) is 7.22 Å². The lowest BCUT2D eigenvalue weighted by Crippen LogP contribution is -2.13. The Labute approximate surface area is 114 Å². The van der Waals surface area contributed by atoms with Crippen molar-refractivity contribution in [2.24, 2.45) is 4.99 Å². The van der Waals surface area contributed by atoms with Gasteiger partial charge >= 0.3 is 0 Å². The number of hydrogen-bond donors (Lipinski definition) is 0. The molecule has 1 nitrogen and oxygen atoms in total. The second-order valence-corrected chi connectivity index (χ2v) is 14.4. The first-order valence-corrected chi connectivity index (χ1v) is 11.2. The van der Waals surface area contributed by atoms with E-state index in [2.05, 4.69) is 61.0 Å². The molecule has 0 fully saturated rings. The van der Waals surface area contributed by atoms with E-state index in [4.69, 9.17) is 0 Å². The quantitative estimate of drug-likeness (QED) is 0.532. The summed E-state index contributed by atoms with van der Waals surface area (Å²) in [5.74, 6) is 0. The van der Waals surface area contributed by atoms with Gasteiger partial charge in [0.2, 0.25) is 0 Å². The van der Waals surface area contributed by atoms with Gasteiger partial charge in [-0.2, -0.15) is 11.2 Å². The first-order valence-electron chi connectivity index (χ1n) is 6.21. The van der Waals surface area contributed by atoms with Crippen LogP contribution < -0.4 is 0 Å². The second-order valence-electron chi connectivity index (χ2n) is 5.23. The van der Waals surface area contributed by atoms with Crippen LogP contribution in [-0.2, 0) is 0 Å². The average molecular weight is 273 g/mol. The lowest BCUT2D eigenvalue weighted by molar-refractivity contribution is 1.50. The molecule has 0 aliphatic rings. The maximum Gasteiger partial charge on any atom is 0.114 e. The summed E-state index contributed by atoms with van der Waals surface area (Å²) in [4.78, 5) is 5.87. The number of hydrogen-bond acceptors (Lipinski definition) is 2. The summed E-state index contributed by atoms with van der Waals surface area (Å²) in [6.45, 7) is 9.10. The topological polar surface area (TPSA) is 12.4 Å². The van der Waals surface area contributed by atoms with Crippen LogP contribution in [0, 0.1) is 0 Å². The Kier molecular flexibility index (Phi) is 3.93. The molecule has 94 valence electrons. The summed E-state index contributed by atoms with van der Waals surface area (Å²) in [6.07, 6.45) is 1.87. The molecule has 0 atom stereocenters. The van der Waals surface area contributed by atoms with E-state index in [9.17, 15) is 0 Å². The van der Waals surface area contributed by atoms with Crippen molar-refractivity contribution in [2.75, 3.05) is 0 Å². The van der Waals surface area contributed by atoms with Crippen molar-refractivity contribution in [3.63, 3.8) is 0 Å². The van der Waals surface area contributed by atoms with Gasteiger partial charge in [-0.05, 0) is 24.4 Å². The fourth-order valence-corrected chi connectivity index (χ4v) is 5.57. The molecule has 0 N–H and O–H groups in total. The third-order valence-corrected chi connectivity index (χ3v) is 6.20. The SMILES string of the molecule is C/C=N\c1cccc2cccc(S[Si](C)(C)C)c12. The Morgan fingerprint density at radius 3 is 2.33 bits per heavy atom. The zero-order valence-corrected chi connectivity index (χ0v) is 13.2. The number of fused-ring (bicyclic) bond motifs is 1. The highest BCUT2D eigenvalue weighted by atomic mass is 32.4. The largest absolute Gasteiger partial charge is 0.261 e. The molecule has 2 aromatic rings. The second kappa shape index (κ2) is 5.29. The van der Waals surface area contributed by atoms with Gasteiger partial charge in [0.05, 0.1) is 5.69 Å². The average Bonchev–Trinajstić information content (AvgIpc) is 2.28. The molecular formula is C15H19NSSi. The van der Waals surface area contributed by atoms with E-state index in [1.54, 1.807) is 0 Å². The molecule has 0 heterocycles. The van der Waals surface area contributed by atoms with Gasteiger partial charge in [-0.15, -0.1) is 0 Å². The van der Waals surface area contributed by atoms with E-state index in [1.807, 2.05) is 24.3 Å². The third kappa shape index (κ3) is 3.03. The van der Waals surface area contributed by atoms with E-state index < -0.39 is 7.22 Å². The van der Waals surface area contributed by atoms with Gasteiger partial charge in [-0.1, -0.05) is 43.9 Å². The van der Waals surface area contributed by atoms with Crippen LogP contribution in [-0.4, -0.2) is 13.4 Å². The van der Waals surface area contributed by atoms with Crippen molar-refractivity contribution < 1.29 is 0 Å². The van der Waals surface area contributed by atoms with Crippen LogP contribution >= 0.6 is 11.2 Å². The molecule has 0 aliphatic carbocycles. The molecule has 0 saturated carbocycles. The molecule has 0 radical (unpaired) electrons. The predicted molar refractivity (Wildman–Crippen MR) is 87.0 cm³/mol. The molecule has 0 bridgehead atoms. The highest BCUT2D eigenvalue weighted by molar-refractivity contribution is 8.28. The van der Waals surface area contributed by atoms with Crippen molar-refractivity contribution in [2.45, 2.75) is 31.5 Å². The third-order valence-electron chi connectivity index (χ3n) is 2.53. The van der Waals surface area contributed by atoms with Gasteiger partial charge in [0, 0.05) is 16.5 Å². The number of nitrogens with zero attached hydrogens (tertiary/aromatic N) is 1. The van der Waals surface area contributed by atoms with Crippen LogP contribution in [0.3, 0.4) is 0 Å². The minimum absolute atomic E-state index is 1.08. The Morgan fingerprint density at radius 1 is 1.06 bits per heavy atom. The molecule has 0 unspecified atom stereocenters. The highest BCUT2D eigenvalue weighted by Gasteiger charge is 2.17. The van der Waals surface area contributed by atoms with Crippen LogP contribution in [0.15, 0.2) is 46.3 Å². The molecule has 0 aliphatic heterocycles. The van der Waals surface area contributed by atoms with Crippen molar-refractivity contribution in [1.29, 1.82) is 0 Å². The fourth-order valence-electron chi connectivity index (χ4n) is 1.95. The number of aliphatic imine (C=N–C) groups is 1. The van der Waals surface area contributed by atoms with E-state index >= 15 is 0 Å². The van der Waals surface area contributed by atoms with Crippen LogP contribution in [0.1, 0.15) is 6.92 Å². The molecule has 2 rings (SSSR count). The van der Waals surface area contributed by atoms with E-state index in [0.717, 1.165) is 5.69 Å². The zero-order valence-electron chi connectivity index (χ0n) is 11.4. The number of rotatable bonds is 3. The predicted octanol–water partition coefficient (Wildman–Crippen LogP) is 5.49. The van der Waals surface area contributed by atoms with Gasteiger partial charge in [0.15, 0.2) is 0 Å². The van der Waals surface area contributed by atoms with Crippen LogP contribution in [0.4, 0.5) is 5.69 Å². The lowest BCUT2D eigenvalue weighted by Gasteiger charge is -2.17. The maximum absolute atomic E-state index is 4.50.